The van der Waals surface area contributed by atoms with E-state index in [1.807, 2.05) is 16.0 Å². The Hall–Kier alpha value is -1.43. The summed E-state index contributed by atoms with van der Waals surface area (Å²) in [5.41, 5.74) is 1.37. The average Bonchev–Trinajstić information content (AvgIpc) is 2.68. The second kappa shape index (κ2) is 9.90. The number of ether oxygens (including phenoxy) is 1. The number of hydrogen-bond donors (Lipinski definition) is 0. The van der Waals surface area contributed by atoms with Crippen molar-refractivity contribution in [2.45, 2.75) is 44.6 Å². The first-order chi connectivity index (χ1) is 12.3. The molecule has 1 amide bonds. The summed E-state index contributed by atoms with van der Waals surface area (Å²) in [4.78, 5) is 20.0. The van der Waals surface area contributed by atoms with Crippen LogP contribution in [-0.2, 0) is 20.8 Å². The van der Waals surface area contributed by atoms with Crippen molar-refractivity contribution >= 4 is 5.91 Å². The number of benzene rings is 1. The van der Waals surface area contributed by atoms with E-state index in [1.54, 1.807) is 0 Å². The normalized spacial score (nSPS) is 22.1. The van der Waals surface area contributed by atoms with Crippen LogP contribution in [0.5, 0.6) is 0 Å². The van der Waals surface area contributed by atoms with E-state index in [-0.39, 0.29) is 12.0 Å². The van der Waals surface area contributed by atoms with Crippen molar-refractivity contribution in [1.82, 2.24) is 9.96 Å². The number of hydrogen-bond acceptors (Lipinski definition) is 4. The standard InChI is InChI=1S/C20H30N2O3/c23-20(11-13-22-12-4-5-15-25-22)21-14-16-24-19(17-21)10-6-9-18-7-2-1-3-8-18/h1-3,7-8,19H,4-6,9-17H2. The molecule has 1 unspecified atom stereocenters. The summed E-state index contributed by atoms with van der Waals surface area (Å²) >= 11 is 0. The van der Waals surface area contributed by atoms with Crippen LogP contribution in [0.2, 0.25) is 0 Å². The van der Waals surface area contributed by atoms with Gasteiger partial charge in [0.2, 0.25) is 5.91 Å². The van der Waals surface area contributed by atoms with Crippen molar-refractivity contribution in [1.29, 1.82) is 0 Å². The van der Waals surface area contributed by atoms with Crippen LogP contribution >= 0.6 is 0 Å². The molecule has 5 nitrogen and oxygen atoms in total. The smallest absolute Gasteiger partial charge is 0.224 e. The molecule has 0 N–H and O–H groups in total. The van der Waals surface area contributed by atoms with E-state index in [2.05, 4.69) is 24.3 Å². The number of morpholine rings is 1. The van der Waals surface area contributed by atoms with E-state index in [0.717, 1.165) is 58.3 Å². The molecule has 1 atom stereocenters. The number of hydroxylamine groups is 2. The van der Waals surface area contributed by atoms with E-state index in [0.29, 0.717) is 19.6 Å². The SMILES string of the molecule is O=C(CCN1CCCCO1)N1CCOC(CCCc2ccccc2)C1. The Morgan fingerprint density at radius 1 is 1.12 bits per heavy atom. The molecule has 0 radical (unpaired) electrons. The lowest BCUT2D eigenvalue weighted by molar-refractivity contribution is -0.183. The van der Waals surface area contributed by atoms with Gasteiger partial charge in [0.05, 0.1) is 19.3 Å². The first-order valence-electron chi connectivity index (χ1n) is 9.62. The van der Waals surface area contributed by atoms with Gasteiger partial charge >= 0.3 is 0 Å². The maximum atomic E-state index is 12.5. The zero-order valence-corrected chi connectivity index (χ0v) is 15.1. The number of nitrogens with zero attached hydrogens (tertiary/aromatic N) is 2. The third kappa shape index (κ3) is 6.10. The third-order valence-electron chi connectivity index (χ3n) is 4.98. The van der Waals surface area contributed by atoms with Gasteiger partial charge in [-0.15, -0.1) is 0 Å². The van der Waals surface area contributed by atoms with Crippen molar-refractivity contribution < 1.29 is 14.4 Å². The molecule has 25 heavy (non-hydrogen) atoms. The van der Waals surface area contributed by atoms with Crippen LogP contribution in [0.25, 0.3) is 0 Å². The van der Waals surface area contributed by atoms with E-state index < -0.39 is 0 Å². The van der Waals surface area contributed by atoms with Crippen molar-refractivity contribution in [3.63, 3.8) is 0 Å². The van der Waals surface area contributed by atoms with Gasteiger partial charge in [0, 0.05) is 32.6 Å². The van der Waals surface area contributed by atoms with Crippen LogP contribution in [0.4, 0.5) is 0 Å². The van der Waals surface area contributed by atoms with Crippen LogP contribution in [0.1, 0.15) is 37.7 Å². The van der Waals surface area contributed by atoms with Gasteiger partial charge in [-0.05, 0) is 37.7 Å². The lowest BCUT2D eigenvalue weighted by Gasteiger charge is -2.34. The molecule has 5 heteroatoms. The van der Waals surface area contributed by atoms with Gasteiger partial charge in [0.1, 0.15) is 0 Å². The number of rotatable bonds is 7. The molecule has 2 fully saturated rings. The molecule has 1 aromatic carbocycles. The number of aryl methyl sites for hydroxylation is 1. The van der Waals surface area contributed by atoms with Gasteiger partial charge in [-0.25, -0.2) is 0 Å². The Bertz CT molecular complexity index is 517. The Morgan fingerprint density at radius 3 is 2.80 bits per heavy atom. The zero-order valence-electron chi connectivity index (χ0n) is 15.1. The summed E-state index contributed by atoms with van der Waals surface area (Å²) < 4.78 is 5.86. The lowest BCUT2D eigenvalue weighted by atomic mass is 10.0. The second-order valence-electron chi connectivity index (χ2n) is 6.93. The summed E-state index contributed by atoms with van der Waals surface area (Å²) in [6.45, 7) is 4.54. The molecule has 2 saturated heterocycles. The molecule has 2 aliphatic heterocycles. The summed E-state index contributed by atoms with van der Waals surface area (Å²) in [6.07, 6.45) is 6.17. The molecule has 0 spiro atoms. The average molecular weight is 346 g/mol. The minimum Gasteiger partial charge on any atom is -0.375 e. The number of carbonyl (C=O) groups is 1. The summed E-state index contributed by atoms with van der Waals surface area (Å²) in [5, 5.41) is 1.94. The molecule has 0 saturated carbocycles. The highest BCUT2D eigenvalue weighted by atomic mass is 16.7. The Morgan fingerprint density at radius 2 is 2.00 bits per heavy atom. The van der Waals surface area contributed by atoms with Gasteiger partial charge < -0.3 is 9.64 Å². The first kappa shape index (κ1) is 18.4. The maximum absolute atomic E-state index is 12.5. The lowest BCUT2D eigenvalue weighted by Crippen LogP contribution is -2.46. The Labute approximate surface area is 150 Å². The fourth-order valence-corrected chi connectivity index (χ4v) is 3.50. The fraction of sp³-hybridized carbons (Fsp3) is 0.650. The molecule has 0 aromatic heterocycles. The molecular formula is C20H30N2O3. The summed E-state index contributed by atoms with van der Waals surface area (Å²) in [6, 6.07) is 10.5. The van der Waals surface area contributed by atoms with E-state index >= 15 is 0 Å². The largest absolute Gasteiger partial charge is 0.375 e. The third-order valence-corrected chi connectivity index (χ3v) is 4.98. The van der Waals surface area contributed by atoms with Crippen molar-refractivity contribution in [2.75, 3.05) is 39.4 Å². The highest BCUT2D eigenvalue weighted by Gasteiger charge is 2.24. The van der Waals surface area contributed by atoms with Crippen molar-refractivity contribution in [3.8, 4) is 0 Å². The van der Waals surface area contributed by atoms with Crippen molar-refractivity contribution in [3.05, 3.63) is 35.9 Å². The van der Waals surface area contributed by atoms with Crippen LogP contribution in [-0.4, -0.2) is 61.4 Å². The van der Waals surface area contributed by atoms with E-state index in [9.17, 15) is 4.79 Å². The molecule has 0 aliphatic carbocycles. The minimum atomic E-state index is 0.174. The zero-order chi connectivity index (χ0) is 17.3. The number of amides is 1. The Balaban J connectivity index is 1.35. The van der Waals surface area contributed by atoms with Gasteiger partial charge in [-0.2, -0.15) is 5.06 Å². The highest BCUT2D eigenvalue weighted by Crippen LogP contribution is 2.15. The molecule has 0 bridgehead atoms. The number of carbonyl (C=O) groups excluding carboxylic acids is 1. The molecule has 2 heterocycles. The van der Waals surface area contributed by atoms with Crippen molar-refractivity contribution in [2.24, 2.45) is 0 Å². The fourth-order valence-electron chi connectivity index (χ4n) is 3.50. The van der Waals surface area contributed by atoms with Gasteiger partial charge in [-0.3, -0.25) is 9.63 Å². The predicted octanol–water partition coefficient (Wildman–Crippen LogP) is 2.65. The molecule has 3 rings (SSSR count). The van der Waals surface area contributed by atoms with Crippen LogP contribution in [0, 0.1) is 0 Å². The predicted molar refractivity (Wildman–Crippen MR) is 97.1 cm³/mol. The van der Waals surface area contributed by atoms with E-state index in [4.69, 9.17) is 9.57 Å². The highest BCUT2D eigenvalue weighted by molar-refractivity contribution is 5.76. The minimum absolute atomic E-state index is 0.174. The second-order valence-corrected chi connectivity index (χ2v) is 6.93. The van der Waals surface area contributed by atoms with Gasteiger partial charge in [0.15, 0.2) is 0 Å². The van der Waals surface area contributed by atoms with Gasteiger partial charge in [-0.1, -0.05) is 30.3 Å². The van der Waals surface area contributed by atoms with Crippen LogP contribution < -0.4 is 0 Å². The van der Waals surface area contributed by atoms with Crippen LogP contribution in [0.15, 0.2) is 30.3 Å². The van der Waals surface area contributed by atoms with Gasteiger partial charge in [0.25, 0.3) is 0 Å². The molecule has 2 aliphatic rings. The summed E-state index contributed by atoms with van der Waals surface area (Å²) in [7, 11) is 0. The van der Waals surface area contributed by atoms with Crippen LogP contribution in [0.3, 0.4) is 0 Å². The quantitative estimate of drug-likeness (QED) is 0.761. The molecular weight excluding hydrogens is 316 g/mol. The first-order valence-corrected chi connectivity index (χ1v) is 9.62. The maximum Gasteiger partial charge on any atom is 0.224 e. The topological polar surface area (TPSA) is 42.0 Å². The Kier molecular flexibility index (Phi) is 7.27. The monoisotopic (exact) mass is 346 g/mol. The molecule has 138 valence electrons. The molecule has 1 aromatic rings. The van der Waals surface area contributed by atoms with E-state index in [1.165, 1.54) is 5.56 Å². The summed E-state index contributed by atoms with van der Waals surface area (Å²) in [5.74, 6) is 0.227.